The van der Waals surface area contributed by atoms with Gasteiger partial charge in [0.1, 0.15) is 11.6 Å². The molecule has 5 heteroatoms. The summed E-state index contributed by atoms with van der Waals surface area (Å²) in [5.41, 5.74) is 1.23. The van der Waals surface area contributed by atoms with Gasteiger partial charge in [0.2, 0.25) is 0 Å². The third-order valence-corrected chi connectivity index (χ3v) is 4.32. The van der Waals surface area contributed by atoms with Crippen LogP contribution in [0.15, 0.2) is 36.7 Å². The molecular formula is C17H22FN3O. The van der Waals surface area contributed by atoms with Crippen molar-refractivity contribution in [1.82, 2.24) is 14.5 Å². The Bertz CT molecular complexity index is 596. The summed E-state index contributed by atoms with van der Waals surface area (Å²) in [6.45, 7) is 4.44. The summed E-state index contributed by atoms with van der Waals surface area (Å²) in [7, 11) is 1.71. The molecule has 4 nitrogen and oxygen atoms in total. The molecule has 0 bridgehead atoms. The van der Waals surface area contributed by atoms with Crippen LogP contribution in [0.3, 0.4) is 0 Å². The summed E-state index contributed by atoms with van der Waals surface area (Å²) in [5.74, 6) is 1.40. The van der Waals surface area contributed by atoms with Gasteiger partial charge in [0, 0.05) is 32.6 Å². The number of hydrogen-bond acceptors (Lipinski definition) is 3. The lowest BCUT2D eigenvalue weighted by atomic mass is 9.99. The van der Waals surface area contributed by atoms with E-state index in [1.165, 1.54) is 5.56 Å². The molecule has 1 aliphatic rings. The van der Waals surface area contributed by atoms with Gasteiger partial charge >= 0.3 is 0 Å². The average Bonchev–Trinajstić information content (AvgIpc) is 3.16. The standard InChI is InChI=1S/C17H22FN3O/c1-22-11-10-21-9-7-19-17(21)13-20-8-6-15(12-20)14-2-4-16(18)5-3-14/h2-5,7,9,15H,6,8,10-13H2,1H3/t15-/m1/s1. The molecule has 0 amide bonds. The molecule has 2 aromatic rings. The van der Waals surface area contributed by atoms with Gasteiger partial charge in [0.05, 0.1) is 13.2 Å². The second-order valence-corrected chi connectivity index (χ2v) is 5.80. The summed E-state index contributed by atoms with van der Waals surface area (Å²) in [4.78, 5) is 6.87. The molecule has 22 heavy (non-hydrogen) atoms. The number of ether oxygens (including phenoxy) is 1. The molecule has 1 fully saturated rings. The maximum atomic E-state index is 13.0. The predicted octanol–water partition coefficient (Wildman–Crippen LogP) is 2.66. The first-order valence-electron chi connectivity index (χ1n) is 7.73. The van der Waals surface area contributed by atoms with Gasteiger partial charge in [0.25, 0.3) is 0 Å². The minimum Gasteiger partial charge on any atom is -0.383 e. The lowest BCUT2D eigenvalue weighted by Crippen LogP contribution is -2.22. The zero-order chi connectivity index (χ0) is 15.4. The van der Waals surface area contributed by atoms with Crippen LogP contribution in [0, 0.1) is 5.82 Å². The SMILES string of the molecule is COCCn1ccnc1CN1CC[C@@H](c2ccc(F)cc2)C1. The van der Waals surface area contributed by atoms with Crippen molar-refractivity contribution in [3.8, 4) is 0 Å². The normalized spacial score (nSPS) is 18.9. The van der Waals surface area contributed by atoms with Crippen molar-refractivity contribution in [1.29, 1.82) is 0 Å². The summed E-state index contributed by atoms with van der Waals surface area (Å²) in [5, 5.41) is 0. The van der Waals surface area contributed by atoms with Crippen molar-refractivity contribution in [3.05, 3.63) is 53.9 Å². The molecule has 1 aromatic heterocycles. The lowest BCUT2D eigenvalue weighted by Gasteiger charge is -2.17. The zero-order valence-corrected chi connectivity index (χ0v) is 12.9. The fraction of sp³-hybridized carbons (Fsp3) is 0.471. The predicted molar refractivity (Wildman–Crippen MR) is 83.1 cm³/mol. The maximum absolute atomic E-state index is 13.0. The second-order valence-electron chi connectivity index (χ2n) is 5.80. The van der Waals surface area contributed by atoms with Crippen LogP contribution in [0.25, 0.3) is 0 Å². The van der Waals surface area contributed by atoms with E-state index >= 15 is 0 Å². The molecule has 0 N–H and O–H groups in total. The van der Waals surface area contributed by atoms with Crippen LogP contribution in [0.5, 0.6) is 0 Å². The monoisotopic (exact) mass is 303 g/mol. The Morgan fingerprint density at radius 1 is 1.32 bits per heavy atom. The summed E-state index contributed by atoms with van der Waals surface area (Å²) in [6, 6.07) is 6.91. The fourth-order valence-electron chi connectivity index (χ4n) is 3.07. The van der Waals surface area contributed by atoms with E-state index in [9.17, 15) is 4.39 Å². The molecule has 0 unspecified atom stereocenters. The molecule has 1 saturated heterocycles. The van der Waals surface area contributed by atoms with E-state index in [0.29, 0.717) is 12.5 Å². The van der Waals surface area contributed by atoms with E-state index in [1.807, 2.05) is 24.5 Å². The third-order valence-electron chi connectivity index (χ3n) is 4.32. The van der Waals surface area contributed by atoms with Gasteiger partial charge in [-0.25, -0.2) is 9.37 Å². The number of aromatic nitrogens is 2. The number of rotatable bonds is 6. The lowest BCUT2D eigenvalue weighted by molar-refractivity contribution is 0.184. The highest BCUT2D eigenvalue weighted by molar-refractivity contribution is 5.22. The highest BCUT2D eigenvalue weighted by Crippen LogP contribution is 2.28. The van der Waals surface area contributed by atoms with Gasteiger partial charge in [-0.05, 0) is 36.6 Å². The van der Waals surface area contributed by atoms with E-state index in [0.717, 1.165) is 38.4 Å². The Hall–Kier alpha value is -1.72. The summed E-state index contributed by atoms with van der Waals surface area (Å²) in [6.07, 6.45) is 4.96. The van der Waals surface area contributed by atoms with E-state index in [4.69, 9.17) is 4.74 Å². The van der Waals surface area contributed by atoms with Crippen molar-refractivity contribution in [3.63, 3.8) is 0 Å². The van der Waals surface area contributed by atoms with Crippen LogP contribution in [0.2, 0.25) is 0 Å². The van der Waals surface area contributed by atoms with E-state index in [-0.39, 0.29) is 5.82 Å². The topological polar surface area (TPSA) is 30.3 Å². The zero-order valence-electron chi connectivity index (χ0n) is 12.9. The molecule has 0 radical (unpaired) electrons. The number of hydrogen-bond donors (Lipinski definition) is 0. The largest absolute Gasteiger partial charge is 0.383 e. The number of benzene rings is 1. The van der Waals surface area contributed by atoms with Gasteiger partial charge in [-0.1, -0.05) is 12.1 Å². The van der Waals surface area contributed by atoms with E-state index < -0.39 is 0 Å². The fourth-order valence-corrected chi connectivity index (χ4v) is 3.07. The van der Waals surface area contributed by atoms with Gasteiger partial charge in [-0.15, -0.1) is 0 Å². The number of halogens is 1. The molecule has 1 atom stereocenters. The first kappa shape index (κ1) is 15.2. The van der Waals surface area contributed by atoms with Crippen molar-refractivity contribution < 1.29 is 9.13 Å². The molecule has 118 valence electrons. The quantitative estimate of drug-likeness (QED) is 0.822. The number of imidazole rings is 1. The van der Waals surface area contributed by atoms with Crippen molar-refractivity contribution >= 4 is 0 Å². The Balaban J connectivity index is 1.59. The van der Waals surface area contributed by atoms with Crippen molar-refractivity contribution in [2.75, 3.05) is 26.8 Å². The molecule has 0 aliphatic carbocycles. The highest BCUT2D eigenvalue weighted by Gasteiger charge is 2.24. The van der Waals surface area contributed by atoms with Gasteiger partial charge in [-0.3, -0.25) is 4.90 Å². The van der Waals surface area contributed by atoms with Crippen molar-refractivity contribution in [2.45, 2.75) is 25.4 Å². The molecule has 0 saturated carbocycles. The molecule has 1 aromatic carbocycles. The molecule has 2 heterocycles. The second kappa shape index (κ2) is 7.03. The number of methoxy groups -OCH3 is 1. The summed E-state index contributed by atoms with van der Waals surface area (Å²) >= 11 is 0. The van der Waals surface area contributed by atoms with Crippen LogP contribution in [0.4, 0.5) is 4.39 Å². The van der Waals surface area contributed by atoms with Crippen LogP contribution in [-0.4, -0.2) is 41.3 Å². The Kier molecular flexibility index (Phi) is 4.85. The molecular weight excluding hydrogens is 281 g/mol. The Morgan fingerprint density at radius 3 is 2.91 bits per heavy atom. The van der Waals surface area contributed by atoms with Crippen LogP contribution in [0.1, 0.15) is 23.7 Å². The first-order chi connectivity index (χ1) is 10.8. The molecule has 3 rings (SSSR count). The van der Waals surface area contributed by atoms with Crippen LogP contribution >= 0.6 is 0 Å². The number of nitrogens with zero attached hydrogens (tertiary/aromatic N) is 3. The highest BCUT2D eigenvalue weighted by atomic mass is 19.1. The Labute approximate surface area is 130 Å². The van der Waals surface area contributed by atoms with E-state index in [1.54, 1.807) is 19.2 Å². The smallest absolute Gasteiger partial charge is 0.123 e. The van der Waals surface area contributed by atoms with Gasteiger partial charge < -0.3 is 9.30 Å². The Morgan fingerprint density at radius 2 is 2.14 bits per heavy atom. The van der Waals surface area contributed by atoms with E-state index in [2.05, 4.69) is 14.5 Å². The van der Waals surface area contributed by atoms with Gasteiger partial charge in [-0.2, -0.15) is 0 Å². The molecule has 1 aliphatic heterocycles. The van der Waals surface area contributed by atoms with Crippen LogP contribution < -0.4 is 0 Å². The minimum atomic E-state index is -0.168. The maximum Gasteiger partial charge on any atom is 0.123 e. The van der Waals surface area contributed by atoms with Crippen molar-refractivity contribution in [2.24, 2.45) is 0 Å². The average molecular weight is 303 g/mol. The number of likely N-dealkylation sites (tertiary alicyclic amines) is 1. The summed E-state index contributed by atoms with van der Waals surface area (Å²) < 4.78 is 20.3. The molecule has 0 spiro atoms. The van der Waals surface area contributed by atoms with Crippen LogP contribution in [-0.2, 0) is 17.8 Å². The minimum absolute atomic E-state index is 0.168. The third kappa shape index (κ3) is 3.54. The first-order valence-corrected chi connectivity index (χ1v) is 7.73. The van der Waals surface area contributed by atoms with Gasteiger partial charge in [0.15, 0.2) is 0 Å².